The number of rotatable bonds is 63. The van der Waals surface area contributed by atoms with Gasteiger partial charge in [0.25, 0.3) is 0 Å². The second-order valence-corrected chi connectivity index (χ2v) is 24.7. The SMILES string of the molecule is O=C(CCOCCOCCOCCOCCOCCOCCOCCOCCSSCCOCCOCCOCCOCCOCCOCCOCCOCCC(=O)NCc1ccc(-c2ccc3nc(C(=O)O)cc(O)c3c2)cc1)NCc1ccc(-c2ccc3nc(C(=O)O)cc(O)c3c2)cc1. The number of pyridine rings is 2. The molecule has 0 aliphatic carbocycles. The second kappa shape index (κ2) is 53.9. The Balaban J connectivity index is 0.554. The average molecular weight is 1470 g/mol. The van der Waals surface area contributed by atoms with Crippen molar-refractivity contribution in [3.63, 3.8) is 0 Å². The van der Waals surface area contributed by atoms with Gasteiger partial charge in [0.2, 0.25) is 11.8 Å². The second-order valence-electron chi connectivity index (χ2n) is 22.0. The lowest BCUT2D eigenvalue weighted by Gasteiger charge is -2.09. The minimum Gasteiger partial charge on any atom is -0.507 e. The number of aromatic hydroxyl groups is 2. The van der Waals surface area contributed by atoms with Gasteiger partial charge in [0.15, 0.2) is 11.4 Å². The number of fused-ring (bicyclic) bond motifs is 2. The molecule has 0 atom stereocenters. The Labute approximate surface area is 602 Å². The zero-order valence-electron chi connectivity index (χ0n) is 57.8. The Hall–Kier alpha value is -6.76. The van der Waals surface area contributed by atoms with Gasteiger partial charge < -0.3 is 107 Å². The number of hydrogen-bond donors (Lipinski definition) is 6. The summed E-state index contributed by atoms with van der Waals surface area (Å²) in [6.07, 6.45) is 0.444. The first kappa shape index (κ1) is 84.2. The highest BCUT2D eigenvalue weighted by atomic mass is 33.1. The first-order valence-corrected chi connectivity index (χ1v) is 36.5. The van der Waals surface area contributed by atoms with E-state index in [0.717, 1.165) is 57.0 Å². The third-order valence-corrected chi connectivity index (χ3v) is 16.8. The van der Waals surface area contributed by atoms with Crippen molar-refractivity contribution in [2.24, 2.45) is 0 Å². The molecule has 30 heteroatoms. The molecule has 102 heavy (non-hydrogen) atoms. The van der Waals surface area contributed by atoms with E-state index in [9.17, 15) is 39.6 Å². The molecular weight excluding hydrogens is 1370 g/mol. The normalized spacial score (nSPS) is 11.5. The van der Waals surface area contributed by atoms with E-state index in [-0.39, 0.29) is 60.8 Å². The highest BCUT2D eigenvalue weighted by Crippen LogP contribution is 2.32. The molecule has 0 fully saturated rings. The molecule has 0 saturated carbocycles. The maximum atomic E-state index is 12.3. The van der Waals surface area contributed by atoms with Gasteiger partial charge in [-0.2, -0.15) is 0 Å². The number of carboxylic acids is 2. The van der Waals surface area contributed by atoms with Gasteiger partial charge >= 0.3 is 11.9 Å². The first-order chi connectivity index (χ1) is 50.0. The van der Waals surface area contributed by atoms with Crippen LogP contribution in [-0.2, 0) is 98.5 Å². The van der Waals surface area contributed by atoms with Gasteiger partial charge in [-0.05, 0) is 57.6 Å². The van der Waals surface area contributed by atoms with E-state index in [2.05, 4.69) is 20.6 Å². The van der Waals surface area contributed by atoms with Gasteiger partial charge in [-0.1, -0.05) is 82.3 Å². The van der Waals surface area contributed by atoms with E-state index in [1.807, 2.05) is 60.7 Å². The summed E-state index contributed by atoms with van der Waals surface area (Å²) in [6, 6.07) is 28.1. The van der Waals surface area contributed by atoms with Crippen LogP contribution in [-0.4, -0.2) is 277 Å². The van der Waals surface area contributed by atoms with Crippen molar-refractivity contribution in [3.8, 4) is 33.8 Å². The number of carbonyl (C=O) groups is 4. The van der Waals surface area contributed by atoms with Crippen molar-refractivity contribution in [3.05, 3.63) is 120 Å². The molecule has 0 spiro atoms. The molecule has 0 bridgehead atoms. The van der Waals surface area contributed by atoms with Gasteiger partial charge in [0.05, 0.1) is 222 Å². The van der Waals surface area contributed by atoms with Gasteiger partial charge in [0.1, 0.15) is 11.5 Å². The molecule has 0 radical (unpaired) electrons. The molecule has 6 rings (SSSR count). The van der Waals surface area contributed by atoms with Crippen molar-refractivity contribution < 1.29 is 115 Å². The van der Waals surface area contributed by atoms with E-state index >= 15 is 0 Å². The third kappa shape index (κ3) is 37.1. The van der Waals surface area contributed by atoms with Crippen LogP contribution in [0.3, 0.4) is 0 Å². The maximum absolute atomic E-state index is 12.3. The van der Waals surface area contributed by atoms with Crippen LogP contribution in [0, 0.1) is 0 Å². The maximum Gasteiger partial charge on any atom is 0.354 e. The van der Waals surface area contributed by atoms with E-state index in [4.69, 9.17) is 75.8 Å². The molecule has 6 aromatic rings. The third-order valence-electron chi connectivity index (χ3n) is 14.4. The average Bonchev–Trinajstić information content (AvgIpc) is 0.802. The Bertz CT molecular complexity index is 3070. The van der Waals surface area contributed by atoms with Crippen molar-refractivity contribution in [1.29, 1.82) is 0 Å². The number of nitrogens with zero attached hydrogens (tertiary/aromatic N) is 2. The Kier molecular flexibility index (Phi) is 44.5. The summed E-state index contributed by atoms with van der Waals surface area (Å²) in [7, 11) is 3.50. The number of carbonyl (C=O) groups excluding carboxylic acids is 2. The predicted molar refractivity (Wildman–Crippen MR) is 383 cm³/mol. The summed E-state index contributed by atoms with van der Waals surface area (Å²) in [5.41, 5.74) is 5.63. The van der Waals surface area contributed by atoms with Gasteiger partial charge in [-0.15, -0.1) is 0 Å². The fourth-order valence-electron chi connectivity index (χ4n) is 9.12. The highest BCUT2D eigenvalue weighted by molar-refractivity contribution is 8.76. The molecule has 562 valence electrons. The monoisotopic (exact) mass is 1470 g/mol. The molecule has 0 aliphatic rings. The van der Waals surface area contributed by atoms with E-state index in [1.54, 1.807) is 45.9 Å². The van der Waals surface area contributed by atoms with Gasteiger partial charge in [0, 0.05) is 60.3 Å². The largest absolute Gasteiger partial charge is 0.507 e. The van der Waals surface area contributed by atoms with Crippen LogP contribution in [0.15, 0.2) is 97.1 Å². The summed E-state index contributed by atoms with van der Waals surface area (Å²) in [5, 5.41) is 45.8. The molecule has 2 heterocycles. The topological polar surface area (TPSA) is 347 Å². The number of hydrogen-bond acceptors (Lipinski definition) is 26. The molecule has 28 nitrogen and oxygen atoms in total. The summed E-state index contributed by atoms with van der Waals surface area (Å²) >= 11 is 0. The minimum atomic E-state index is -1.21. The lowest BCUT2D eigenvalue weighted by molar-refractivity contribution is -0.123. The van der Waals surface area contributed by atoms with Crippen LogP contribution in [0.4, 0.5) is 0 Å². The van der Waals surface area contributed by atoms with Crippen LogP contribution in [0.25, 0.3) is 44.1 Å². The van der Waals surface area contributed by atoms with Crippen LogP contribution in [0.1, 0.15) is 44.9 Å². The van der Waals surface area contributed by atoms with Crippen LogP contribution < -0.4 is 10.6 Å². The first-order valence-electron chi connectivity index (χ1n) is 34.0. The number of aromatic nitrogens is 2. The quantitative estimate of drug-likeness (QED) is 0.0161. The minimum absolute atomic E-state index is 0.128. The Morgan fingerprint density at radius 2 is 0.539 bits per heavy atom. The Morgan fingerprint density at radius 3 is 0.794 bits per heavy atom. The summed E-state index contributed by atoms with van der Waals surface area (Å²) in [6.45, 7) is 15.3. The molecule has 6 N–H and O–H groups in total. The number of carboxylic acid groups (broad SMARTS) is 2. The highest BCUT2D eigenvalue weighted by Gasteiger charge is 2.15. The van der Waals surface area contributed by atoms with Crippen LogP contribution in [0.2, 0.25) is 0 Å². The summed E-state index contributed by atoms with van der Waals surface area (Å²) in [4.78, 5) is 55.3. The molecule has 0 saturated heterocycles. The fourth-order valence-corrected chi connectivity index (χ4v) is 10.8. The Morgan fingerprint density at radius 1 is 0.304 bits per heavy atom. The molecule has 2 aromatic heterocycles. The smallest absolute Gasteiger partial charge is 0.354 e. The van der Waals surface area contributed by atoms with Crippen LogP contribution in [0.5, 0.6) is 11.5 Å². The van der Waals surface area contributed by atoms with Gasteiger partial charge in [-0.25, -0.2) is 19.6 Å². The predicted octanol–water partition coefficient (Wildman–Crippen LogP) is 7.28. The van der Waals surface area contributed by atoms with Crippen molar-refractivity contribution in [2.75, 3.05) is 223 Å². The number of ether oxygens (including phenoxy) is 16. The number of amides is 2. The molecule has 0 aliphatic heterocycles. The molecular formula is C72H98N4O24S2. The van der Waals surface area contributed by atoms with E-state index < -0.39 is 11.9 Å². The van der Waals surface area contributed by atoms with Crippen LogP contribution >= 0.6 is 21.6 Å². The molecule has 0 unspecified atom stereocenters. The fraction of sp³-hybridized carbons (Fsp3) is 0.528. The number of benzene rings is 4. The van der Waals surface area contributed by atoms with E-state index in [0.29, 0.717) is 233 Å². The van der Waals surface area contributed by atoms with Crippen molar-refractivity contribution in [2.45, 2.75) is 25.9 Å². The summed E-state index contributed by atoms with van der Waals surface area (Å²) in [5.74, 6) is -1.22. The van der Waals surface area contributed by atoms with Crippen molar-refractivity contribution in [1.82, 2.24) is 20.6 Å². The number of nitrogens with one attached hydrogen (secondary N) is 2. The summed E-state index contributed by atoms with van der Waals surface area (Å²) < 4.78 is 88.9. The van der Waals surface area contributed by atoms with Crippen molar-refractivity contribution >= 4 is 67.1 Å². The number of aromatic carboxylic acids is 2. The molecule has 4 aromatic carbocycles. The standard InChI is InChI=1S/C72H98N4O24S2/c77-67-51-65(71(81)82)75-63-11-9-59(49-61(63)67)57-5-1-55(2-6-57)53-73-69(79)13-15-85-17-19-87-21-23-89-25-27-91-29-31-93-33-35-95-37-39-97-41-43-99-45-47-101-102-48-46-100-44-42-98-40-38-96-36-34-94-32-30-92-28-26-90-24-22-88-20-18-86-16-14-70(80)74-54-56-3-7-58(8-4-56)60-10-12-64-62(50-60)68(78)52-66(76-64)72(83)84/h1-12,49-52H,13-48,53-54H2,(H,73,79)(H,74,80)(H,75,77)(H,76,78)(H,81,82)(H,83,84). The lowest BCUT2D eigenvalue weighted by atomic mass is 10.0. The van der Waals surface area contributed by atoms with Gasteiger partial charge in [-0.3, -0.25) is 9.59 Å². The molecule has 2 amide bonds. The zero-order valence-corrected chi connectivity index (χ0v) is 59.4. The zero-order chi connectivity index (χ0) is 72.1. The lowest BCUT2D eigenvalue weighted by Crippen LogP contribution is -2.24. The van der Waals surface area contributed by atoms with E-state index in [1.165, 1.54) is 0 Å².